The maximum atomic E-state index is 14.0. The number of aromatic nitrogens is 1. The number of aromatic amines is 1. The Kier molecular flexibility index (Phi) is 7.13. The Balaban J connectivity index is 1.21. The van der Waals surface area contributed by atoms with Crippen LogP contribution in [0.15, 0.2) is 92.9 Å². The van der Waals surface area contributed by atoms with E-state index in [1.165, 1.54) is 5.69 Å². The van der Waals surface area contributed by atoms with Crippen molar-refractivity contribution >= 4 is 55.1 Å². The average molecular weight is 587 g/mol. The van der Waals surface area contributed by atoms with Gasteiger partial charge in [-0.05, 0) is 48.2 Å². The van der Waals surface area contributed by atoms with E-state index in [2.05, 4.69) is 83.3 Å². The lowest BCUT2D eigenvalue weighted by atomic mass is 9.87. The first-order valence-corrected chi connectivity index (χ1v) is 15.5. The van der Waals surface area contributed by atoms with Gasteiger partial charge in [-0.3, -0.25) is 14.5 Å². The van der Waals surface area contributed by atoms with Crippen LogP contribution in [0.5, 0.6) is 0 Å². The Labute approximate surface area is 256 Å². The highest BCUT2D eigenvalue weighted by Gasteiger charge is 2.21. The molecule has 2 N–H and O–H groups in total. The van der Waals surface area contributed by atoms with Crippen LogP contribution in [-0.4, -0.2) is 49.2 Å². The van der Waals surface area contributed by atoms with Gasteiger partial charge in [-0.2, -0.15) is 0 Å². The second-order valence-corrected chi connectivity index (χ2v) is 12.9. The van der Waals surface area contributed by atoms with Crippen LogP contribution < -0.4 is 21.1 Å². The number of hydrogen-bond donors (Lipinski definition) is 2. The van der Waals surface area contributed by atoms with Crippen LogP contribution in [-0.2, 0) is 5.41 Å². The number of nitrogens with one attached hydrogen (secondary N) is 2. The van der Waals surface area contributed by atoms with Crippen molar-refractivity contribution in [2.45, 2.75) is 32.6 Å². The Morgan fingerprint density at radius 1 is 0.795 bits per heavy atom. The number of anilines is 2. The molecule has 0 unspecified atom stereocenters. The molecule has 0 spiro atoms. The molecule has 0 bridgehead atoms. The number of hydrogen-bond acceptors (Lipinski definition) is 6. The van der Waals surface area contributed by atoms with Gasteiger partial charge in [0.15, 0.2) is 22.0 Å². The molecule has 1 aliphatic rings. The summed E-state index contributed by atoms with van der Waals surface area (Å²) in [6.45, 7) is 12.2. The number of para-hydroxylation sites is 1. The molecular formula is C37H38N4O3. The first-order valence-electron chi connectivity index (χ1n) is 15.5. The molecule has 7 rings (SSSR count). The zero-order valence-electron chi connectivity index (χ0n) is 25.6. The SMILES string of the molecule is CC(C)(C)c1ccc2[nH]c3c(cc(NCCCN4CCN(c5ccccc5)CC4)c4c(=O)c5ccccc5c(=O)c43)oc2c1. The second-order valence-electron chi connectivity index (χ2n) is 12.9. The quantitative estimate of drug-likeness (QED) is 0.126. The van der Waals surface area contributed by atoms with Crippen molar-refractivity contribution in [2.24, 2.45) is 0 Å². The number of H-pyrrole nitrogens is 1. The van der Waals surface area contributed by atoms with Crippen LogP contribution in [0.2, 0.25) is 0 Å². The summed E-state index contributed by atoms with van der Waals surface area (Å²) in [6.07, 6.45) is 0.910. The van der Waals surface area contributed by atoms with Crippen LogP contribution in [0.4, 0.5) is 11.4 Å². The standard InChI is InChI=1S/C37H38N4O3/c1-37(2,3)24-14-15-28-30(22-24)44-31-23-29(32-33(34(31)39-28)36(43)27-13-8-7-12-26(27)35(32)42)38-16-9-17-40-18-20-41(21-19-40)25-10-5-4-6-11-25/h4-8,10-15,22-23,38-39H,9,16-21H2,1-3H3. The van der Waals surface area contributed by atoms with E-state index in [4.69, 9.17) is 4.42 Å². The number of rotatable bonds is 6. The topological polar surface area (TPSA) is 81.6 Å². The summed E-state index contributed by atoms with van der Waals surface area (Å²) in [6, 6.07) is 25.7. The molecule has 1 aliphatic heterocycles. The van der Waals surface area contributed by atoms with Gasteiger partial charge in [0.25, 0.3) is 0 Å². The number of benzene rings is 5. The molecule has 6 aromatic rings. The van der Waals surface area contributed by atoms with Gasteiger partial charge in [-0.25, -0.2) is 0 Å². The van der Waals surface area contributed by atoms with Crippen LogP contribution in [0, 0.1) is 0 Å². The van der Waals surface area contributed by atoms with E-state index in [0.29, 0.717) is 50.5 Å². The van der Waals surface area contributed by atoms with E-state index in [1.807, 2.05) is 18.2 Å². The lowest BCUT2D eigenvalue weighted by Crippen LogP contribution is -2.46. The predicted octanol–water partition coefficient (Wildman–Crippen LogP) is 6.86. The molecular weight excluding hydrogens is 548 g/mol. The molecule has 2 heterocycles. The highest BCUT2D eigenvalue weighted by Crippen LogP contribution is 2.33. The first kappa shape index (κ1) is 28.2. The molecule has 1 aromatic heterocycles. The van der Waals surface area contributed by atoms with Crippen LogP contribution in [0.1, 0.15) is 32.8 Å². The third kappa shape index (κ3) is 5.11. The fourth-order valence-corrected chi connectivity index (χ4v) is 6.44. The minimum atomic E-state index is -0.169. The zero-order valence-corrected chi connectivity index (χ0v) is 25.6. The molecule has 0 atom stereocenters. The van der Waals surface area contributed by atoms with Gasteiger partial charge in [0, 0.05) is 60.9 Å². The molecule has 1 fully saturated rings. The van der Waals surface area contributed by atoms with Crippen molar-refractivity contribution in [1.82, 2.24) is 9.88 Å². The summed E-state index contributed by atoms with van der Waals surface area (Å²) in [7, 11) is 0. The minimum absolute atomic E-state index is 0.0402. The van der Waals surface area contributed by atoms with Gasteiger partial charge >= 0.3 is 0 Å². The summed E-state index contributed by atoms with van der Waals surface area (Å²) in [5.74, 6) is 0. The maximum Gasteiger partial charge on any atom is 0.196 e. The highest BCUT2D eigenvalue weighted by molar-refractivity contribution is 6.14. The van der Waals surface area contributed by atoms with Crippen molar-refractivity contribution < 1.29 is 4.42 Å². The van der Waals surface area contributed by atoms with Crippen LogP contribution >= 0.6 is 0 Å². The van der Waals surface area contributed by atoms with Gasteiger partial charge in [0.05, 0.1) is 21.8 Å². The van der Waals surface area contributed by atoms with E-state index < -0.39 is 0 Å². The van der Waals surface area contributed by atoms with Gasteiger partial charge in [0.1, 0.15) is 0 Å². The molecule has 7 heteroatoms. The summed E-state index contributed by atoms with van der Waals surface area (Å²) >= 11 is 0. The van der Waals surface area contributed by atoms with Crippen LogP contribution in [0.25, 0.3) is 43.7 Å². The van der Waals surface area contributed by atoms with E-state index >= 15 is 0 Å². The largest absolute Gasteiger partial charge is 0.453 e. The Morgan fingerprint density at radius 2 is 1.48 bits per heavy atom. The lowest BCUT2D eigenvalue weighted by Gasteiger charge is -2.36. The normalized spacial score (nSPS) is 14.7. The predicted molar refractivity (Wildman–Crippen MR) is 183 cm³/mol. The minimum Gasteiger partial charge on any atom is -0.453 e. The van der Waals surface area contributed by atoms with Crippen molar-refractivity contribution in [1.29, 1.82) is 0 Å². The summed E-state index contributed by atoms with van der Waals surface area (Å²) < 4.78 is 6.46. The average Bonchev–Trinajstić information content (AvgIpc) is 3.04. The van der Waals surface area contributed by atoms with E-state index in [0.717, 1.165) is 50.2 Å². The van der Waals surface area contributed by atoms with E-state index in [9.17, 15) is 9.59 Å². The van der Waals surface area contributed by atoms with E-state index in [-0.39, 0.29) is 16.3 Å². The monoisotopic (exact) mass is 586 g/mol. The molecule has 0 amide bonds. The molecule has 5 aromatic carbocycles. The zero-order chi connectivity index (χ0) is 30.4. The smallest absolute Gasteiger partial charge is 0.196 e. The van der Waals surface area contributed by atoms with Crippen molar-refractivity contribution in [2.75, 3.05) is 49.5 Å². The molecule has 0 radical (unpaired) electrons. The van der Waals surface area contributed by atoms with Crippen molar-refractivity contribution in [3.63, 3.8) is 0 Å². The Morgan fingerprint density at radius 3 is 2.18 bits per heavy atom. The molecule has 0 aliphatic carbocycles. The van der Waals surface area contributed by atoms with Crippen molar-refractivity contribution in [3.05, 3.63) is 105 Å². The summed E-state index contributed by atoms with van der Waals surface area (Å²) in [4.78, 5) is 36.2. The molecule has 44 heavy (non-hydrogen) atoms. The van der Waals surface area contributed by atoms with Gasteiger partial charge in [-0.15, -0.1) is 0 Å². The second kappa shape index (κ2) is 11.1. The molecule has 224 valence electrons. The third-order valence-corrected chi connectivity index (χ3v) is 8.95. The van der Waals surface area contributed by atoms with Crippen LogP contribution in [0.3, 0.4) is 0 Å². The Hall–Kier alpha value is -4.62. The van der Waals surface area contributed by atoms with Gasteiger partial charge < -0.3 is 19.6 Å². The summed E-state index contributed by atoms with van der Waals surface area (Å²) in [5, 5.41) is 5.17. The number of piperazine rings is 1. The van der Waals surface area contributed by atoms with Gasteiger partial charge in [-0.1, -0.05) is 69.3 Å². The summed E-state index contributed by atoms with van der Waals surface area (Å²) in [5.41, 5.74) is 5.29. The van der Waals surface area contributed by atoms with E-state index in [1.54, 1.807) is 18.2 Å². The Bertz CT molecular complexity index is 2120. The maximum absolute atomic E-state index is 14.0. The van der Waals surface area contributed by atoms with Gasteiger partial charge in [0.2, 0.25) is 0 Å². The fraction of sp³-hybridized carbons (Fsp3) is 0.297. The molecule has 0 saturated carbocycles. The number of nitrogens with zero attached hydrogens (tertiary/aromatic N) is 2. The highest BCUT2D eigenvalue weighted by atomic mass is 16.3. The lowest BCUT2D eigenvalue weighted by molar-refractivity contribution is 0.257. The first-order chi connectivity index (χ1) is 21.3. The molecule has 1 saturated heterocycles. The third-order valence-electron chi connectivity index (χ3n) is 8.95. The number of fused-ring (bicyclic) bond motifs is 5. The fourth-order valence-electron chi connectivity index (χ4n) is 6.44. The van der Waals surface area contributed by atoms with Crippen molar-refractivity contribution in [3.8, 4) is 0 Å². The molecule has 7 nitrogen and oxygen atoms in total.